The van der Waals surface area contributed by atoms with Crippen LogP contribution in [-0.4, -0.2) is 4.98 Å². The maximum absolute atomic E-state index is 5.90. The lowest BCUT2D eigenvalue weighted by molar-refractivity contribution is 1.01. The standard InChI is InChI=1S/C10H7BrClN3/c11-5-1-2-8-6(3-5)7-4-9(12)14-15-10(7)13-8/h1-4,13-15H. The summed E-state index contributed by atoms with van der Waals surface area (Å²) < 4.78 is 1.06. The fourth-order valence-electron chi connectivity index (χ4n) is 1.72. The van der Waals surface area contributed by atoms with Gasteiger partial charge in [-0.05, 0) is 24.3 Å². The largest absolute Gasteiger partial charge is 0.340 e. The Morgan fingerprint density at radius 3 is 2.93 bits per heavy atom. The second-order valence-corrected chi connectivity index (χ2v) is 4.67. The van der Waals surface area contributed by atoms with E-state index in [2.05, 4.69) is 37.8 Å². The van der Waals surface area contributed by atoms with E-state index in [0.29, 0.717) is 5.16 Å². The third-order valence-corrected chi connectivity index (χ3v) is 3.08. The topological polar surface area (TPSA) is 39.9 Å². The Balaban J connectivity index is 2.36. The zero-order valence-electron chi connectivity index (χ0n) is 7.57. The molecule has 0 saturated carbocycles. The highest BCUT2D eigenvalue weighted by Gasteiger charge is 2.13. The molecular weight excluding hydrogens is 277 g/mol. The Bertz CT molecular complexity index is 573. The van der Waals surface area contributed by atoms with E-state index in [1.165, 1.54) is 0 Å². The Labute approximate surface area is 99.6 Å². The van der Waals surface area contributed by atoms with Gasteiger partial charge in [-0.1, -0.05) is 27.5 Å². The molecule has 2 heterocycles. The summed E-state index contributed by atoms with van der Waals surface area (Å²) in [5.41, 5.74) is 8.01. The van der Waals surface area contributed by atoms with E-state index in [-0.39, 0.29) is 0 Å². The molecule has 1 aliphatic rings. The lowest BCUT2D eigenvalue weighted by atomic mass is 10.1. The summed E-state index contributed by atoms with van der Waals surface area (Å²) >= 11 is 9.36. The molecule has 5 heteroatoms. The number of hydrogen-bond donors (Lipinski definition) is 3. The van der Waals surface area contributed by atoms with Gasteiger partial charge in [-0.3, -0.25) is 10.9 Å². The van der Waals surface area contributed by atoms with Gasteiger partial charge in [0.15, 0.2) is 0 Å². The number of aromatic nitrogens is 1. The van der Waals surface area contributed by atoms with Gasteiger partial charge in [0.05, 0.1) is 0 Å². The van der Waals surface area contributed by atoms with E-state index in [4.69, 9.17) is 11.6 Å². The van der Waals surface area contributed by atoms with Crippen LogP contribution in [-0.2, 0) is 0 Å². The Kier molecular flexibility index (Phi) is 1.94. The molecule has 15 heavy (non-hydrogen) atoms. The highest BCUT2D eigenvalue weighted by molar-refractivity contribution is 9.10. The Morgan fingerprint density at radius 1 is 1.20 bits per heavy atom. The van der Waals surface area contributed by atoms with Crippen molar-refractivity contribution in [2.45, 2.75) is 0 Å². The van der Waals surface area contributed by atoms with Crippen molar-refractivity contribution >= 4 is 50.3 Å². The fourth-order valence-corrected chi connectivity index (χ4v) is 2.24. The zero-order chi connectivity index (χ0) is 10.4. The van der Waals surface area contributed by atoms with Crippen LogP contribution in [0.3, 0.4) is 0 Å². The van der Waals surface area contributed by atoms with E-state index >= 15 is 0 Å². The fraction of sp³-hybridized carbons (Fsp3) is 0. The van der Waals surface area contributed by atoms with Crippen LogP contribution in [0.5, 0.6) is 0 Å². The molecule has 3 rings (SSSR count). The first-order valence-corrected chi connectivity index (χ1v) is 5.61. The quantitative estimate of drug-likeness (QED) is 0.649. The average Bonchev–Trinajstić information content (AvgIpc) is 2.56. The first-order chi connectivity index (χ1) is 7.24. The summed E-state index contributed by atoms with van der Waals surface area (Å²) in [5.74, 6) is 0.938. The minimum absolute atomic E-state index is 0.586. The second-order valence-electron chi connectivity index (χ2n) is 3.35. The lowest BCUT2D eigenvalue weighted by Crippen LogP contribution is -2.21. The predicted octanol–water partition coefficient (Wildman–Crippen LogP) is 3.40. The van der Waals surface area contributed by atoms with Gasteiger partial charge in [0.2, 0.25) is 0 Å². The monoisotopic (exact) mass is 283 g/mol. The van der Waals surface area contributed by atoms with Gasteiger partial charge in [-0.15, -0.1) is 0 Å². The molecule has 1 aromatic carbocycles. The molecule has 0 unspecified atom stereocenters. The van der Waals surface area contributed by atoms with Crippen molar-refractivity contribution in [3.05, 3.63) is 33.4 Å². The number of anilines is 1. The zero-order valence-corrected chi connectivity index (χ0v) is 9.91. The molecule has 0 radical (unpaired) electrons. The van der Waals surface area contributed by atoms with Crippen molar-refractivity contribution in [1.82, 2.24) is 10.4 Å². The van der Waals surface area contributed by atoms with Gasteiger partial charge >= 0.3 is 0 Å². The molecule has 0 bridgehead atoms. The second kappa shape index (κ2) is 3.18. The van der Waals surface area contributed by atoms with Crippen LogP contribution >= 0.6 is 27.5 Å². The lowest BCUT2D eigenvalue weighted by Gasteiger charge is -2.13. The van der Waals surface area contributed by atoms with Crippen LogP contribution in [0.1, 0.15) is 5.56 Å². The first-order valence-electron chi connectivity index (χ1n) is 4.44. The number of nitrogens with one attached hydrogen (secondary N) is 3. The molecule has 0 saturated heterocycles. The van der Waals surface area contributed by atoms with Crippen LogP contribution in [0.15, 0.2) is 27.8 Å². The maximum atomic E-state index is 5.90. The minimum atomic E-state index is 0.586. The Hall–Kier alpha value is -1.13. The number of benzene rings is 1. The number of halogens is 2. The Morgan fingerprint density at radius 2 is 2.07 bits per heavy atom. The van der Waals surface area contributed by atoms with Crippen LogP contribution in [0.25, 0.3) is 17.0 Å². The van der Waals surface area contributed by atoms with Crippen LogP contribution in [0.4, 0.5) is 5.82 Å². The molecule has 76 valence electrons. The maximum Gasteiger partial charge on any atom is 0.130 e. The van der Waals surface area contributed by atoms with Crippen molar-refractivity contribution in [3.63, 3.8) is 0 Å². The van der Waals surface area contributed by atoms with Gasteiger partial charge in [0.1, 0.15) is 11.0 Å². The van der Waals surface area contributed by atoms with Crippen molar-refractivity contribution in [2.24, 2.45) is 0 Å². The first kappa shape index (κ1) is 9.12. The molecule has 0 aliphatic carbocycles. The molecule has 3 nitrogen and oxygen atoms in total. The minimum Gasteiger partial charge on any atom is -0.340 e. The molecule has 3 N–H and O–H groups in total. The predicted molar refractivity (Wildman–Crippen MR) is 66.6 cm³/mol. The van der Waals surface area contributed by atoms with E-state index in [9.17, 15) is 0 Å². The normalized spacial score (nSPS) is 14.1. The highest BCUT2D eigenvalue weighted by Crippen LogP contribution is 2.32. The number of hydrogen-bond acceptors (Lipinski definition) is 2. The molecule has 2 aromatic rings. The van der Waals surface area contributed by atoms with Gasteiger partial charge in [-0.2, -0.15) is 0 Å². The SMILES string of the molecule is ClC1=Cc2c([nH]c3ccc(Br)cc23)NN1. The molecule has 1 aromatic heterocycles. The molecule has 0 amide bonds. The van der Waals surface area contributed by atoms with Gasteiger partial charge < -0.3 is 4.98 Å². The molecule has 0 atom stereocenters. The van der Waals surface area contributed by atoms with E-state index in [0.717, 1.165) is 26.8 Å². The van der Waals surface area contributed by atoms with Crippen molar-refractivity contribution < 1.29 is 0 Å². The molecule has 1 aliphatic heterocycles. The molecule has 0 fully saturated rings. The van der Waals surface area contributed by atoms with Crippen molar-refractivity contribution in [2.75, 3.05) is 5.43 Å². The van der Waals surface area contributed by atoms with Gasteiger partial charge in [0.25, 0.3) is 0 Å². The van der Waals surface area contributed by atoms with E-state index in [1.54, 1.807) is 0 Å². The number of fused-ring (bicyclic) bond motifs is 3. The van der Waals surface area contributed by atoms with Crippen LogP contribution in [0.2, 0.25) is 0 Å². The van der Waals surface area contributed by atoms with Crippen LogP contribution in [0, 0.1) is 0 Å². The number of aromatic amines is 1. The van der Waals surface area contributed by atoms with E-state index in [1.807, 2.05) is 18.2 Å². The smallest absolute Gasteiger partial charge is 0.130 e. The third kappa shape index (κ3) is 1.41. The summed E-state index contributed by atoms with van der Waals surface area (Å²) in [6.45, 7) is 0. The van der Waals surface area contributed by atoms with E-state index < -0.39 is 0 Å². The van der Waals surface area contributed by atoms with Gasteiger partial charge in [-0.25, -0.2) is 0 Å². The molecule has 0 spiro atoms. The van der Waals surface area contributed by atoms with Gasteiger partial charge in [0, 0.05) is 20.9 Å². The summed E-state index contributed by atoms with van der Waals surface area (Å²) in [4.78, 5) is 3.27. The summed E-state index contributed by atoms with van der Waals surface area (Å²) in [6, 6.07) is 6.10. The third-order valence-electron chi connectivity index (χ3n) is 2.38. The van der Waals surface area contributed by atoms with Crippen molar-refractivity contribution in [3.8, 4) is 0 Å². The average molecular weight is 285 g/mol. The highest BCUT2D eigenvalue weighted by atomic mass is 79.9. The summed E-state index contributed by atoms with van der Waals surface area (Å²) in [6.07, 6.45) is 1.90. The number of H-pyrrole nitrogens is 1. The van der Waals surface area contributed by atoms with Crippen LogP contribution < -0.4 is 10.9 Å². The summed E-state index contributed by atoms with van der Waals surface area (Å²) in [7, 11) is 0. The molecular formula is C10H7BrClN3. The number of rotatable bonds is 0. The summed E-state index contributed by atoms with van der Waals surface area (Å²) in [5, 5.41) is 1.73. The van der Waals surface area contributed by atoms with Crippen molar-refractivity contribution in [1.29, 1.82) is 0 Å². The number of hydrazine groups is 1.